The van der Waals surface area contributed by atoms with Gasteiger partial charge >= 0.3 is 0 Å². The van der Waals surface area contributed by atoms with Gasteiger partial charge < -0.3 is 16.2 Å². The van der Waals surface area contributed by atoms with E-state index in [0.29, 0.717) is 12.8 Å². The summed E-state index contributed by atoms with van der Waals surface area (Å²) in [5.74, 6) is -0.0845. The number of carbonyl (C=O) groups is 1. The Morgan fingerprint density at radius 1 is 1.69 bits per heavy atom. The molecule has 1 aliphatic carbocycles. The maximum Gasteiger partial charge on any atom is 0.237 e. The second kappa shape index (κ2) is 4.58. The lowest BCUT2D eigenvalue weighted by Crippen LogP contribution is -2.51. The van der Waals surface area contributed by atoms with Crippen molar-refractivity contribution in [2.75, 3.05) is 0 Å². The summed E-state index contributed by atoms with van der Waals surface area (Å²) in [4.78, 5) is 11.3. The average molecular weight is 186 g/mol. The minimum atomic E-state index is -0.386. The third-order valence-corrected chi connectivity index (χ3v) is 2.40. The minimum absolute atomic E-state index is 0.0845. The van der Waals surface area contributed by atoms with E-state index in [1.54, 1.807) is 0 Å². The summed E-state index contributed by atoms with van der Waals surface area (Å²) in [6.07, 6.45) is 2.76. The topological polar surface area (TPSA) is 75.4 Å². The molecule has 0 aromatic heterocycles. The minimum Gasteiger partial charge on any atom is -0.393 e. The summed E-state index contributed by atoms with van der Waals surface area (Å²) in [5.41, 5.74) is 5.61. The lowest BCUT2D eigenvalue weighted by atomic mass is 9.89. The van der Waals surface area contributed by atoms with E-state index in [2.05, 4.69) is 5.32 Å². The molecular formula is C9H18N2O2. The number of amides is 1. The van der Waals surface area contributed by atoms with E-state index in [1.807, 2.05) is 6.92 Å². The van der Waals surface area contributed by atoms with E-state index < -0.39 is 0 Å². The van der Waals surface area contributed by atoms with Gasteiger partial charge in [-0.3, -0.25) is 4.79 Å². The molecule has 1 atom stereocenters. The second-order valence-corrected chi connectivity index (χ2v) is 3.73. The number of aliphatic hydroxyl groups is 1. The van der Waals surface area contributed by atoms with Crippen molar-refractivity contribution >= 4 is 5.91 Å². The fourth-order valence-electron chi connectivity index (χ4n) is 1.46. The Kier molecular flexibility index (Phi) is 3.69. The van der Waals surface area contributed by atoms with Gasteiger partial charge in [0.15, 0.2) is 0 Å². The highest BCUT2D eigenvalue weighted by Crippen LogP contribution is 2.19. The first kappa shape index (κ1) is 10.5. The fraction of sp³-hybridized carbons (Fsp3) is 0.889. The Labute approximate surface area is 78.5 Å². The normalized spacial score (nSPS) is 29.2. The Morgan fingerprint density at radius 3 is 2.77 bits per heavy atom. The molecule has 1 saturated carbocycles. The molecule has 0 radical (unpaired) electrons. The average Bonchev–Trinajstić information content (AvgIpc) is 2.02. The molecule has 13 heavy (non-hydrogen) atoms. The van der Waals surface area contributed by atoms with Gasteiger partial charge in [0.05, 0.1) is 12.1 Å². The van der Waals surface area contributed by atoms with Gasteiger partial charge in [0.1, 0.15) is 0 Å². The number of nitrogens with two attached hydrogens (primary N) is 1. The van der Waals surface area contributed by atoms with Gasteiger partial charge in [-0.1, -0.05) is 13.3 Å². The van der Waals surface area contributed by atoms with Crippen molar-refractivity contribution in [2.24, 2.45) is 5.73 Å². The van der Waals surface area contributed by atoms with Crippen LogP contribution in [0.3, 0.4) is 0 Å². The molecule has 1 amide bonds. The quantitative estimate of drug-likeness (QED) is 0.567. The molecular weight excluding hydrogens is 168 g/mol. The van der Waals surface area contributed by atoms with Gasteiger partial charge in [0, 0.05) is 6.04 Å². The number of hydrogen-bond acceptors (Lipinski definition) is 3. The Bertz CT molecular complexity index is 178. The first-order chi connectivity index (χ1) is 6.13. The molecule has 4 heteroatoms. The summed E-state index contributed by atoms with van der Waals surface area (Å²) in [5, 5.41) is 11.8. The maximum atomic E-state index is 11.3. The summed E-state index contributed by atoms with van der Waals surface area (Å²) >= 11 is 0. The van der Waals surface area contributed by atoms with Crippen LogP contribution in [0.2, 0.25) is 0 Å². The Morgan fingerprint density at radius 2 is 2.31 bits per heavy atom. The number of hydrogen-bond donors (Lipinski definition) is 3. The van der Waals surface area contributed by atoms with Crippen LogP contribution < -0.4 is 11.1 Å². The van der Waals surface area contributed by atoms with E-state index in [9.17, 15) is 4.79 Å². The van der Waals surface area contributed by atoms with Crippen LogP contribution in [0.1, 0.15) is 32.6 Å². The third-order valence-electron chi connectivity index (χ3n) is 2.40. The Balaban J connectivity index is 2.17. The monoisotopic (exact) mass is 186 g/mol. The molecule has 4 nitrogen and oxygen atoms in total. The summed E-state index contributed by atoms with van der Waals surface area (Å²) in [7, 11) is 0. The van der Waals surface area contributed by atoms with Crippen LogP contribution in [0.15, 0.2) is 0 Å². The molecule has 76 valence electrons. The van der Waals surface area contributed by atoms with Crippen molar-refractivity contribution in [3.63, 3.8) is 0 Å². The molecule has 0 unspecified atom stereocenters. The highest BCUT2D eigenvalue weighted by atomic mass is 16.3. The van der Waals surface area contributed by atoms with Crippen molar-refractivity contribution in [3.8, 4) is 0 Å². The van der Waals surface area contributed by atoms with Gasteiger partial charge in [-0.2, -0.15) is 0 Å². The molecule has 4 N–H and O–H groups in total. The van der Waals surface area contributed by atoms with Crippen LogP contribution in [0.25, 0.3) is 0 Å². The Hall–Kier alpha value is -0.610. The van der Waals surface area contributed by atoms with E-state index >= 15 is 0 Å². The molecule has 1 aliphatic rings. The zero-order valence-electron chi connectivity index (χ0n) is 7.99. The summed E-state index contributed by atoms with van der Waals surface area (Å²) < 4.78 is 0. The SMILES string of the molecule is CCC[C@@H](N)C(=O)NC1CC(O)C1. The lowest BCUT2D eigenvalue weighted by molar-refractivity contribution is -0.124. The summed E-state index contributed by atoms with van der Waals surface area (Å²) in [6.45, 7) is 2.00. The van der Waals surface area contributed by atoms with Crippen LogP contribution in [-0.4, -0.2) is 29.2 Å². The van der Waals surface area contributed by atoms with Crippen molar-refractivity contribution < 1.29 is 9.90 Å². The fourth-order valence-corrected chi connectivity index (χ4v) is 1.46. The highest BCUT2D eigenvalue weighted by molar-refractivity contribution is 5.81. The van der Waals surface area contributed by atoms with E-state index in [0.717, 1.165) is 12.8 Å². The standard InChI is InChI=1S/C9H18N2O2/c1-2-3-8(10)9(13)11-6-4-7(12)5-6/h6-8,12H,2-5,10H2,1H3,(H,11,13)/t6?,7?,8-/m1/s1. The van der Waals surface area contributed by atoms with E-state index in [4.69, 9.17) is 10.8 Å². The molecule has 0 heterocycles. The van der Waals surface area contributed by atoms with Crippen LogP contribution in [0.4, 0.5) is 0 Å². The molecule has 0 aromatic rings. The zero-order chi connectivity index (χ0) is 9.84. The number of carbonyl (C=O) groups excluding carboxylic acids is 1. The van der Waals surface area contributed by atoms with E-state index in [1.165, 1.54) is 0 Å². The smallest absolute Gasteiger partial charge is 0.237 e. The maximum absolute atomic E-state index is 11.3. The van der Waals surface area contributed by atoms with Crippen molar-refractivity contribution in [3.05, 3.63) is 0 Å². The molecule has 0 saturated heterocycles. The van der Waals surface area contributed by atoms with Crippen LogP contribution in [0.5, 0.6) is 0 Å². The van der Waals surface area contributed by atoms with Gasteiger partial charge in [-0.05, 0) is 19.3 Å². The van der Waals surface area contributed by atoms with Gasteiger partial charge in [-0.15, -0.1) is 0 Å². The third kappa shape index (κ3) is 2.97. The van der Waals surface area contributed by atoms with Gasteiger partial charge in [-0.25, -0.2) is 0 Å². The van der Waals surface area contributed by atoms with Gasteiger partial charge in [0.2, 0.25) is 5.91 Å². The zero-order valence-corrected chi connectivity index (χ0v) is 7.99. The highest BCUT2D eigenvalue weighted by Gasteiger charge is 2.29. The van der Waals surface area contributed by atoms with Crippen LogP contribution >= 0.6 is 0 Å². The van der Waals surface area contributed by atoms with Crippen molar-refractivity contribution in [1.82, 2.24) is 5.32 Å². The molecule has 0 aromatic carbocycles. The van der Waals surface area contributed by atoms with Gasteiger partial charge in [0.25, 0.3) is 0 Å². The largest absolute Gasteiger partial charge is 0.393 e. The molecule has 0 bridgehead atoms. The first-order valence-electron chi connectivity index (χ1n) is 4.87. The van der Waals surface area contributed by atoms with Crippen LogP contribution in [0, 0.1) is 0 Å². The predicted octanol–water partition coefficient (Wildman–Crippen LogP) is -0.247. The number of rotatable bonds is 4. The number of nitrogens with one attached hydrogen (secondary N) is 1. The number of aliphatic hydroxyl groups excluding tert-OH is 1. The van der Waals surface area contributed by atoms with E-state index in [-0.39, 0.29) is 24.1 Å². The molecule has 0 spiro atoms. The van der Waals surface area contributed by atoms with Crippen molar-refractivity contribution in [1.29, 1.82) is 0 Å². The second-order valence-electron chi connectivity index (χ2n) is 3.73. The molecule has 1 rings (SSSR count). The predicted molar refractivity (Wildman–Crippen MR) is 50.1 cm³/mol. The molecule has 1 fully saturated rings. The lowest BCUT2D eigenvalue weighted by Gasteiger charge is -2.32. The van der Waals surface area contributed by atoms with Crippen molar-refractivity contribution in [2.45, 2.75) is 50.8 Å². The first-order valence-corrected chi connectivity index (χ1v) is 4.87. The molecule has 0 aliphatic heterocycles. The summed E-state index contributed by atoms with van der Waals surface area (Å²) in [6, 6.07) is -0.242. The van der Waals surface area contributed by atoms with Crippen LogP contribution in [-0.2, 0) is 4.79 Å².